The van der Waals surface area contributed by atoms with Gasteiger partial charge in [0.15, 0.2) is 0 Å². The summed E-state index contributed by atoms with van der Waals surface area (Å²) in [6, 6.07) is 23.1. The van der Waals surface area contributed by atoms with Crippen LogP contribution in [0.25, 0.3) is 0 Å². The van der Waals surface area contributed by atoms with Crippen LogP contribution in [0.3, 0.4) is 0 Å². The maximum absolute atomic E-state index is 15.2. The number of allylic oxidation sites excluding steroid dienone is 2. The van der Waals surface area contributed by atoms with Crippen LogP contribution in [-0.2, 0) is 29.4 Å². The number of carbonyl (C=O) groups excluding carboxylic acids is 4. The first-order valence-corrected chi connectivity index (χ1v) is 16.9. The van der Waals surface area contributed by atoms with Crippen molar-refractivity contribution in [3.05, 3.63) is 107 Å². The minimum Gasteiger partial charge on any atom is -0.491 e. The SMILES string of the molecule is O=C(O)CCCN1C(=O)[C@H]2[C@H](CC=C3[C@H]2C[C@H]2C(=O)N(c4cccc(Cl)c4)C(=O)[C@@]2(c2ccccc2)[C@H]3c2ccc(OCCO)cc2)C1=O. The Balaban J connectivity index is 1.40. The van der Waals surface area contributed by atoms with Gasteiger partial charge in [0.1, 0.15) is 12.4 Å². The number of aliphatic hydroxyl groups excluding tert-OH is 1. The molecule has 0 aromatic heterocycles. The number of carbonyl (C=O) groups is 5. The molecule has 1 saturated carbocycles. The Labute approximate surface area is 287 Å². The molecule has 11 heteroatoms. The van der Waals surface area contributed by atoms with Crippen LogP contribution < -0.4 is 9.64 Å². The lowest BCUT2D eigenvalue weighted by molar-refractivity contribution is -0.142. The van der Waals surface area contributed by atoms with Gasteiger partial charge in [0.25, 0.3) is 0 Å². The number of aliphatic carboxylic acids is 1. The van der Waals surface area contributed by atoms with Crippen molar-refractivity contribution in [2.24, 2.45) is 23.7 Å². The second-order valence-corrected chi connectivity index (χ2v) is 13.5. The molecule has 49 heavy (non-hydrogen) atoms. The molecule has 2 heterocycles. The first-order chi connectivity index (χ1) is 23.7. The number of imide groups is 2. The Morgan fingerprint density at radius 3 is 2.37 bits per heavy atom. The van der Waals surface area contributed by atoms with Crippen molar-refractivity contribution < 1.29 is 38.9 Å². The van der Waals surface area contributed by atoms with Crippen molar-refractivity contribution in [3.63, 3.8) is 0 Å². The molecule has 3 aromatic carbocycles. The van der Waals surface area contributed by atoms with E-state index in [9.17, 15) is 24.3 Å². The first kappa shape index (κ1) is 32.7. The van der Waals surface area contributed by atoms with E-state index in [1.165, 1.54) is 9.80 Å². The average Bonchev–Trinajstić information content (AvgIpc) is 3.48. The monoisotopic (exact) mass is 682 g/mol. The third kappa shape index (κ3) is 5.25. The number of halogens is 1. The van der Waals surface area contributed by atoms with Gasteiger partial charge in [-0.2, -0.15) is 0 Å². The van der Waals surface area contributed by atoms with Crippen LogP contribution in [0.2, 0.25) is 5.02 Å². The molecule has 2 aliphatic carbocycles. The molecule has 0 spiro atoms. The maximum atomic E-state index is 15.2. The number of ether oxygens (including phenoxy) is 1. The summed E-state index contributed by atoms with van der Waals surface area (Å²) in [5, 5.41) is 18.8. The minimum absolute atomic E-state index is 0.00902. The number of carboxylic acids is 1. The van der Waals surface area contributed by atoms with E-state index in [0.29, 0.717) is 22.0 Å². The summed E-state index contributed by atoms with van der Waals surface area (Å²) in [4.78, 5) is 71.3. The largest absolute Gasteiger partial charge is 0.491 e. The highest BCUT2D eigenvalue weighted by Gasteiger charge is 2.70. The second kappa shape index (κ2) is 12.9. The molecular weight excluding hydrogens is 648 g/mol. The number of rotatable bonds is 10. The zero-order chi connectivity index (χ0) is 34.4. The highest BCUT2D eigenvalue weighted by Crippen LogP contribution is 2.64. The van der Waals surface area contributed by atoms with Crippen LogP contribution in [-0.4, -0.2) is 64.5 Å². The van der Waals surface area contributed by atoms with E-state index in [1.54, 1.807) is 36.4 Å². The molecule has 6 atom stereocenters. The van der Waals surface area contributed by atoms with Gasteiger partial charge in [-0.25, -0.2) is 4.90 Å². The fourth-order valence-electron chi connectivity index (χ4n) is 8.71. The van der Waals surface area contributed by atoms with Gasteiger partial charge >= 0.3 is 5.97 Å². The lowest BCUT2D eigenvalue weighted by Crippen LogP contribution is -2.53. The van der Waals surface area contributed by atoms with E-state index in [-0.39, 0.29) is 57.3 Å². The van der Waals surface area contributed by atoms with Crippen LogP contribution >= 0.6 is 11.6 Å². The zero-order valence-corrected chi connectivity index (χ0v) is 27.3. The van der Waals surface area contributed by atoms with E-state index in [4.69, 9.17) is 21.4 Å². The summed E-state index contributed by atoms with van der Waals surface area (Å²) in [5.41, 5.74) is 1.19. The third-order valence-corrected chi connectivity index (χ3v) is 10.8. The summed E-state index contributed by atoms with van der Waals surface area (Å²) in [5.74, 6) is -5.45. The summed E-state index contributed by atoms with van der Waals surface area (Å²) in [6.45, 7) is -0.0405. The normalized spacial score (nSPS) is 27.5. The van der Waals surface area contributed by atoms with Gasteiger partial charge in [-0.1, -0.05) is 71.8 Å². The number of hydrogen-bond donors (Lipinski definition) is 2. The number of carboxylic acid groups (broad SMARTS) is 1. The van der Waals surface area contributed by atoms with Crippen molar-refractivity contribution in [1.29, 1.82) is 0 Å². The molecule has 252 valence electrons. The molecule has 3 fully saturated rings. The van der Waals surface area contributed by atoms with E-state index in [1.807, 2.05) is 48.5 Å². The number of fused-ring (bicyclic) bond motifs is 4. The second-order valence-electron chi connectivity index (χ2n) is 13.1. The molecule has 4 amide bonds. The Hall–Kier alpha value is -4.80. The zero-order valence-electron chi connectivity index (χ0n) is 26.5. The van der Waals surface area contributed by atoms with Crippen LogP contribution in [0.1, 0.15) is 42.7 Å². The van der Waals surface area contributed by atoms with E-state index >= 15 is 4.79 Å². The van der Waals surface area contributed by atoms with Gasteiger partial charge in [0, 0.05) is 23.9 Å². The van der Waals surface area contributed by atoms with Gasteiger partial charge in [-0.05, 0) is 66.6 Å². The molecule has 2 saturated heterocycles. The average molecular weight is 683 g/mol. The van der Waals surface area contributed by atoms with Crippen LogP contribution in [0.4, 0.5) is 5.69 Å². The number of hydrogen-bond acceptors (Lipinski definition) is 7. The van der Waals surface area contributed by atoms with Crippen LogP contribution in [0.15, 0.2) is 90.5 Å². The molecular formula is C38H35ClN2O8. The molecule has 3 aromatic rings. The fraction of sp³-hybridized carbons (Fsp3) is 0.342. The van der Waals surface area contributed by atoms with Crippen molar-refractivity contribution >= 4 is 46.9 Å². The molecule has 2 aliphatic heterocycles. The lowest BCUT2D eigenvalue weighted by atomic mass is 9.49. The molecule has 7 rings (SSSR count). The van der Waals surface area contributed by atoms with Crippen molar-refractivity contribution in [2.45, 2.75) is 37.0 Å². The highest BCUT2D eigenvalue weighted by molar-refractivity contribution is 6.32. The highest BCUT2D eigenvalue weighted by atomic mass is 35.5. The Morgan fingerprint density at radius 2 is 1.67 bits per heavy atom. The van der Waals surface area contributed by atoms with Crippen molar-refractivity contribution in [1.82, 2.24) is 4.90 Å². The summed E-state index contributed by atoms with van der Waals surface area (Å²) >= 11 is 6.36. The fourth-order valence-corrected chi connectivity index (χ4v) is 8.90. The van der Waals surface area contributed by atoms with Gasteiger partial charge in [-0.15, -0.1) is 0 Å². The summed E-state index contributed by atoms with van der Waals surface area (Å²) in [7, 11) is 0. The molecule has 0 bridgehead atoms. The number of aliphatic hydroxyl groups is 1. The van der Waals surface area contributed by atoms with Crippen molar-refractivity contribution in [3.8, 4) is 5.75 Å². The van der Waals surface area contributed by atoms with Gasteiger partial charge in [-0.3, -0.25) is 28.9 Å². The Kier molecular flexibility index (Phi) is 8.62. The molecule has 0 unspecified atom stereocenters. The third-order valence-electron chi connectivity index (χ3n) is 10.6. The predicted molar refractivity (Wildman–Crippen MR) is 179 cm³/mol. The topological polar surface area (TPSA) is 142 Å². The number of benzene rings is 3. The van der Waals surface area contributed by atoms with E-state index in [2.05, 4.69) is 0 Å². The predicted octanol–water partition coefficient (Wildman–Crippen LogP) is 4.74. The van der Waals surface area contributed by atoms with E-state index < -0.39 is 52.8 Å². The maximum Gasteiger partial charge on any atom is 0.303 e. The number of nitrogens with zero attached hydrogens (tertiary/aromatic N) is 2. The standard InChI is InChI=1S/C38H35ClN2O8/c39-24-8-4-9-25(20-24)41-35(46)30-21-29-27(15-16-28-32(29)36(47)40(34(28)45)17-5-10-31(43)44)33(22-11-13-26(14-12-22)49-19-18-42)38(30,37(41)48)23-6-2-1-3-7-23/h1-4,6-9,11-15,20,28-30,32-33,42H,5,10,16-19,21H2,(H,43,44)/t28-,29+,30-,32-,33-,38+/m0/s1. The molecule has 0 radical (unpaired) electrons. The van der Waals surface area contributed by atoms with Crippen LogP contribution in [0.5, 0.6) is 5.75 Å². The number of likely N-dealkylation sites (tertiary alicyclic amines) is 1. The first-order valence-electron chi connectivity index (χ1n) is 16.5. The van der Waals surface area contributed by atoms with Crippen molar-refractivity contribution in [2.75, 3.05) is 24.7 Å². The summed E-state index contributed by atoms with van der Waals surface area (Å²) < 4.78 is 5.64. The van der Waals surface area contributed by atoms with E-state index in [0.717, 1.165) is 11.1 Å². The molecule has 10 nitrogen and oxygen atoms in total. The summed E-state index contributed by atoms with van der Waals surface area (Å²) in [6.07, 6.45) is 2.41. The smallest absolute Gasteiger partial charge is 0.303 e. The minimum atomic E-state index is -1.39. The van der Waals surface area contributed by atoms with Gasteiger partial charge < -0.3 is 14.9 Å². The molecule has 2 N–H and O–H groups in total. The lowest BCUT2D eigenvalue weighted by Gasteiger charge is -2.50. The number of anilines is 1. The van der Waals surface area contributed by atoms with Gasteiger partial charge in [0.2, 0.25) is 23.6 Å². The molecule has 4 aliphatic rings. The quantitative estimate of drug-likeness (QED) is 0.231. The Bertz CT molecular complexity index is 1860. The van der Waals surface area contributed by atoms with Crippen LogP contribution in [0, 0.1) is 23.7 Å². The Morgan fingerprint density at radius 1 is 0.918 bits per heavy atom. The number of amides is 4. The van der Waals surface area contributed by atoms with Gasteiger partial charge in [0.05, 0.1) is 35.5 Å².